The van der Waals surface area contributed by atoms with Gasteiger partial charge in [-0.25, -0.2) is 9.37 Å². The minimum Gasteiger partial charge on any atom is -0.368 e. The van der Waals surface area contributed by atoms with E-state index in [0.29, 0.717) is 17.9 Å². The minimum atomic E-state index is -0.248. The molecule has 0 aliphatic carbocycles. The molecule has 0 aliphatic heterocycles. The van der Waals surface area contributed by atoms with E-state index in [1.165, 1.54) is 0 Å². The van der Waals surface area contributed by atoms with Crippen LogP contribution in [0.5, 0.6) is 0 Å². The van der Waals surface area contributed by atoms with Gasteiger partial charge in [0.15, 0.2) is 11.6 Å². The molecule has 1 aromatic heterocycles. The van der Waals surface area contributed by atoms with Crippen LogP contribution in [-0.4, -0.2) is 42.6 Å². The maximum absolute atomic E-state index is 14.3. The van der Waals surface area contributed by atoms with Crippen molar-refractivity contribution >= 4 is 5.82 Å². The Labute approximate surface area is 128 Å². The summed E-state index contributed by atoms with van der Waals surface area (Å²) in [4.78, 5) is 6.24. The van der Waals surface area contributed by atoms with Crippen LogP contribution in [0.15, 0.2) is 12.3 Å². The van der Waals surface area contributed by atoms with Gasteiger partial charge in [-0.3, -0.25) is 0 Å². The fourth-order valence-corrected chi connectivity index (χ4v) is 1.86. The second-order valence-corrected chi connectivity index (χ2v) is 6.67. The summed E-state index contributed by atoms with van der Waals surface area (Å²) in [5.41, 5.74) is 0.617. The number of pyridine rings is 1. The predicted octanol–water partition coefficient (Wildman–Crippen LogP) is 2.86. The van der Waals surface area contributed by atoms with E-state index in [9.17, 15) is 4.39 Å². The molecule has 120 valence electrons. The maximum atomic E-state index is 14.3. The summed E-state index contributed by atoms with van der Waals surface area (Å²) >= 11 is 0. The summed E-state index contributed by atoms with van der Waals surface area (Å²) in [6, 6.07) is 1.73. The highest BCUT2D eigenvalue weighted by Crippen LogP contribution is 2.16. The Morgan fingerprint density at radius 3 is 2.57 bits per heavy atom. The van der Waals surface area contributed by atoms with Gasteiger partial charge in [0, 0.05) is 30.4 Å². The Hall–Kier alpha value is -1.20. The highest BCUT2D eigenvalue weighted by atomic mass is 19.1. The third-order valence-corrected chi connectivity index (χ3v) is 3.10. The van der Waals surface area contributed by atoms with Gasteiger partial charge in [-0.1, -0.05) is 0 Å². The Morgan fingerprint density at radius 2 is 1.95 bits per heavy atom. The normalized spacial score (nSPS) is 12.0. The van der Waals surface area contributed by atoms with Crippen molar-refractivity contribution in [3.63, 3.8) is 0 Å². The Balaban J connectivity index is 2.48. The van der Waals surface area contributed by atoms with Gasteiger partial charge in [-0.2, -0.15) is 0 Å². The lowest BCUT2D eigenvalue weighted by Gasteiger charge is -2.21. The molecule has 0 radical (unpaired) electrons. The average molecular weight is 296 g/mol. The molecule has 0 unspecified atom stereocenters. The second kappa shape index (κ2) is 8.29. The topological polar surface area (TPSA) is 40.2 Å². The van der Waals surface area contributed by atoms with Crippen molar-refractivity contribution in [1.29, 1.82) is 0 Å². The third kappa shape index (κ3) is 7.39. The van der Waals surface area contributed by atoms with Crippen LogP contribution >= 0.6 is 0 Å². The Bertz CT molecular complexity index is 427. The van der Waals surface area contributed by atoms with Gasteiger partial charge in [0.2, 0.25) is 0 Å². The molecule has 4 nitrogen and oxygen atoms in total. The lowest BCUT2D eigenvalue weighted by molar-refractivity contribution is 0.396. The lowest BCUT2D eigenvalue weighted by atomic mass is 10.1. The zero-order valence-corrected chi connectivity index (χ0v) is 14.0. The SMILES string of the molecule is CN(C)CCCCNc1nccc(CNC(C)(C)C)c1F. The third-order valence-electron chi connectivity index (χ3n) is 3.10. The standard InChI is InChI=1S/C16H29FN4/c1-16(2,3)20-12-13-8-10-19-15(14(13)17)18-9-6-7-11-21(4)5/h8,10,20H,6-7,9,11-12H2,1-5H3,(H,18,19). The van der Waals surface area contributed by atoms with E-state index in [1.807, 2.05) is 0 Å². The number of nitrogens with one attached hydrogen (secondary N) is 2. The number of aromatic nitrogens is 1. The van der Waals surface area contributed by atoms with Crippen molar-refractivity contribution in [2.75, 3.05) is 32.5 Å². The van der Waals surface area contributed by atoms with Gasteiger partial charge in [-0.15, -0.1) is 0 Å². The number of hydrogen-bond acceptors (Lipinski definition) is 4. The fraction of sp³-hybridized carbons (Fsp3) is 0.688. The van der Waals surface area contributed by atoms with Crippen molar-refractivity contribution in [2.45, 2.75) is 45.7 Å². The zero-order chi connectivity index (χ0) is 15.9. The van der Waals surface area contributed by atoms with Crippen LogP contribution in [0, 0.1) is 5.82 Å². The van der Waals surface area contributed by atoms with Gasteiger partial charge < -0.3 is 15.5 Å². The summed E-state index contributed by atoms with van der Waals surface area (Å²) in [6.07, 6.45) is 3.75. The van der Waals surface area contributed by atoms with Gasteiger partial charge in [0.1, 0.15) is 0 Å². The number of anilines is 1. The predicted molar refractivity (Wildman–Crippen MR) is 87.1 cm³/mol. The molecule has 0 amide bonds. The Morgan fingerprint density at radius 1 is 1.24 bits per heavy atom. The smallest absolute Gasteiger partial charge is 0.169 e. The number of hydrogen-bond donors (Lipinski definition) is 2. The lowest BCUT2D eigenvalue weighted by Crippen LogP contribution is -2.35. The molecule has 0 saturated carbocycles. The quantitative estimate of drug-likeness (QED) is 0.724. The van der Waals surface area contributed by atoms with Crippen molar-refractivity contribution in [1.82, 2.24) is 15.2 Å². The summed E-state index contributed by atoms with van der Waals surface area (Å²) < 4.78 is 14.3. The first kappa shape index (κ1) is 17.9. The molecule has 1 rings (SSSR count). The van der Waals surface area contributed by atoms with Gasteiger partial charge in [-0.05, 0) is 60.3 Å². The van der Waals surface area contributed by atoms with Crippen LogP contribution in [0.1, 0.15) is 39.2 Å². The molecule has 1 heterocycles. The van der Waals surface area contributed by atoms with E-state index >= 15 is 0 Å². The summed E-state index contributed by atoms with van der Waals surface area (Å²) in [5, 5.41) is 6.39. The molecular formula is C16H29FN4. The molecule has 0 spiro atoms. The van der Waals surface area contributed by atoms with Crippen LogP contribution in [0.3, 0.4) is 0 Å². The van der Waals surface area contributed by atoms with Crippen LogP contribution in [0.4, 0.5) is 10.2 Å². The molecule has 2 N–H and O–H groups in total. The van der Waals surface area contributed by atoms with E-state index < -0.39 is 0 Å². The highest BCUT2D eigenvalue weighted by Gasteiger charge is 2.13. The largest absolute Gasteiger partial charge is 0.368 e. The van der Waals surface area contributed by atoms with Gasteiger partial charge >= 0.3 is 0 Å². The van der Waals surface area contributed by atoms with Crippen LogP contribution in [0.2, 0.25) is 0 Å². The molecule has 0 bridgehead atoms. The maximum Gasteiger partial charge on any atom is 0.169 e. The first-order valence-electron chi connectivity index (χ1n) is 7.56. The molecule has 0 fully saturated rings. The van der Waals surface area contributed by atoms with Crippen molar-refractivity contribution in [2.24, 2.45) is 0 Å². The van der Waals surface area contributed by atoms with Crippen LogP contribution in [0.25, 0.3) is 0 Å². The number of nitrogens with zero attached hydrogens (tertiary/aromatic N) is 2. The summed E-state index contributed by atoms with van der Waals surface area (Å²) in [6.45, 7) is 8.50. The molecule has 0 saturated heterocycles. The molecule has 1 aromatic rings. The number of rotatable bonds is 8. The van der Waals surface area contributed by atoms with Crippen molar-refractivity contribution < 1.29 is 4.39 Å². The van der Waals surface area contributed by atoms with Crippen LogP contribution < -0.4 is 10.6 Å². The highest BCUT2D eigenvalue weighted by molar-refractivity contribution is 5.39. The first-order valence-corrected chi connectivity index (χ1v) is 7.56. The van der Waals surface area contributed by atoms with Crippen molar-refractivity contribution in [3.8, 4) is 0 Å². The second-order valence-electron chi connectivity index (χ2n) is 6.67. The van der Waals surface area contributed by atoms with E-state index in [2.05, 4.69) is 55.4 Å². The zero-order valence-electron chi connectivity index (χ0n) is 14.0. The molecule has 5 heteroatoms. The van der Waals surface area contributed by atoms with Crippen LogP contribution in [-0.2, 0) is 6.54 Å². The van der Waals surface area contributed by atoms with E-state index in [1.54, 1.807) is 12.3 Å². The first-order chi connectivity index (χ1) is 9.79. The average Bonchev–Trinajstić information content (AvgIpc) is 2.37. The van der Waals surface area contributed by atoms with E-state index in [-0.39, 0.29) is 11.4 Å². The Kier molecular flexibility index (Phi) is 7.05. The minimum absolute atomic E-state index is 0.0323. The van der Waals surface area contributed by atoms with Gasteiger partial charge in [0.25, 0.3) is 0 Å². The fourth-order valence-electron chi connectivity index (χ4n) is 1.86. The van der Waals surface area contributed by atoms with Gasteiger partial charge in [0.05, 0.1) is 0 Å². The molecular weight excluding hydrogens is 267 g/mol. The monoisotopic (exact) mass is 296 g/mol. The molecule has 0 atom stereocenters. The molecule has 21 heavy (non-hydrogen) atoms. The van der Waals surface area contributed by atoms with E-state index in [0.717, 1.165) is 25.9 Å². The number of unbranched alkanes of at least 4 members (excludes halogenated alkanes) is 1. The number of halogens is 1. The summed E-state index contributed by atoms with van der Waals surface area (Å²) in [7, 11) is 4.11. The van der Waals surface area contributed by atoms with Crippen molar-refractivity contribution in [3.05, 3.63) is 23.6 Å². The molecule has 0 aliphatic rings. The summed E-state index contributed by atoms with van der Waals surface area (Å²) in [5.74, 6) is 0.106. The van der Waals surface area contributed by atoms with E-state index in [4.69, 9.17) is 0 Å². The molecule has 0 aromatic carbocycles.